The zero-order chi connectivity index (χ0) is 12.4. The summed E-state index contributed by atoms with van der Waals surface area (Å²) in [5.74, 6) is -0.139. The van der Waals surface area contributed by atoms with E-state index in [4.69, 9.17) is 0 Å². The maximum absolute atomic E-state index is 13.6. The topological polar surface area (TPSA) is 3.88 Å². The molecule has 0 unspecified atom stereocenters. The first-order chi connectivity index (χ1) is 8.08. The normalized spacial score (nSPS) is 10.0. The van der Waals surface area contributed by atoms with Gasteiger partial charge in [0.05, 0.1) is 5.56 Å². The minimum absolute atomic E-state index is 0. The van der Waals surface area contributed by atoms with Crippen molar-refractivity contribution >= 4 is 0 Å². The van der Waals surface area contributed by atoms with Crippen molar-refractivity contribution < 1.29 is 21.4 Å². The number of hydrogen-bond acceptors (Lipinski definition) is 0. The Balaban J connectivity index is 0.00000162. The second-order valence-corrected chi connectivity index (χ2v) is 4.49. The molecule has 1 heterocycles. The maximum Gasteiger partial charge on any atom is 0.179 e. The Morgan fingerprint density at radius 3 is 2.11 bits per heavy atom. The first-order valence-electron chi connectivity index (χ1n) is 5.79. The third kappa shape index (κ3) is 3.08. The lowest BCUT2D eigenvalue weighted by Gasteiger charge is -2.06. The number of nitrogens with zero attached hydrogens (tertiary/aromatic N) is 1. The monoisotopic (exact) mass is 265 g/mol. The van der Waals surface area contributed by atoms with Gasteiger partial charge in [-0.1, -0.05) is 12.1 Å². The third-order valence-corrected chi connectivity index (χ3v) is 3.01. The summed E-state index contributed by atoms with van der Waals surface area (Å²) in [6, 6.07) is 11.2. The highest BCUT2D eigenvalue weighted by molar-refractivity contribution is 5.17. The molecule has 0 N–H and O–H groups in total. The Morgan fingerprint density at radius 2 is 1.56 bits per heavy atom. The molecule has 1 aromatic carbocycles. The minimum atomic E-state index is -0.139. The predicted octanol–water partition coefficient (Wildman–Crippen LogP) is 0.0908. The molecule has 0 atom stereocenters. The molecule has 3 heteroatoms. The number of halogens is 2. The molecule has 96 valence electrons. The second-order valence-electron chi connectivity index (χ2n) is 4.49. The number of benzene rings is 1. The van der Waals surface area contributed by atoms with E-state index in [1.54, 1.807) is 6.07 Å². The van der Waals surface area contributed by atoms with E-state index in [1.807, 2.05) is 12.1 Å². The molecule has 0 aliphatic rings. The highest BCUT2D eigenvalue weighted by Crippen LogP contribution is 2.08. The van der Waals surface area contributed by atoms with Crippen molar-refractivity contribution in [2.75, 3.05) is 0 Å². The molecule has 2 rings (SSSR count). The van der Waals surface area contributed by atoms with Gasteiger partial charge in [0.1, 0.15) is 5.82 Å². The van der Waals surface area contributed by atoms with E-state index in [1.165, 1.54) is 11.6 Å². The molecule has 0 saturated carbocycles. The molecule has 1 aromatic heterocycles. The van der Waals surface area contributed by atoms with Crippen LogP contribution in [0.1, 0.15) is 22.5 Å². The van der Waals surface area contributed by atoms with Crippen LogP contribution in [0.25, 0.3) is 0 Å². The number of aryl methyl sites for hydroxylation is 3. The molecule has 0 amide bonds. The number of pyridine rings is 1. The standard InChI is InChI=1S/C15H17FN.ClH/c1-11-8-12(2)17(13(3)9-11)10-14-6-4-5-7-15(14)16;/h4-9H,10H2,1-3H3;1H/q+1;/p-1. The predicted molar refractivity (Wildman–Crippen MR) is 66.4 cm³/mol. The van der Waals surface area contributed by atoms with Crippen LogP contribution in [0.2, 0.25) is 0 Å². The third-order valence-electron chi connectivity index (χ3n) is 3.01. The van der Waals surface area contributed by atoms with E-state index in [2.05, 4.69) is 37.5 Å². The highest BCUT2D eigenvalue weighted by Gasteiger charge is 2.14. The molecule has 18 heavy (non-hydrogen) atoms. The van der Waals surface area contributed by atoms with Crippen LogP contribution in [0.15, 0.2) is 36.4 Å². The number of rotatable bonds is 2. The van der Waals surface area contributed by atoms with E-state index in [-0.39, 0.29) is 18.2 Å². The Morgan fingerprint density at radius 1 is 1.00 bits per heavy atom. The Labute approximate surface area is 114 Å². The summed E-state index contributed by atoms with van der Waals surface area (Å²) in [5, 5.41) is 0. The van der Waals surface area contributed by atoms with Crippen LogP contribution >= 0.6 is 0 Å². The highest BCUT2D eigenvalue weighted by atomic mass is 35.5. The van der Waals surface area contributed by atoms with E-state index in [0.717, 1.165) is 17.0 Å². The van der Waals surface area contributed by atoms with Crippen LogP contribution in [0.3, 0.4) is 0 Å². The quantitative estimate of drug-likeness (QED) is 0.678. The van der Waals surface area contributed by atoms with Gasteiger partial charge in [0.25, 0.3) is 0 Å². The fraction of sp³-hybridized carbons (Fsp3) is 0.267. The van der Waals surface area contributed by atoms with E-state index >= 15 is 0 Å². The molecule has 0 fully saturated rings. The van der Waals surface area contributed by atoms with Crippen molar-refractivity contribution in [2.24, 2.45) is 0 Å². The van der Waals surface area contributed by atoms with Crippen molar-refractivity contribution in [1.82, 2.24) is 0 Å². The first kappa shape index (κ1) is 14.7. The van der Waals surface area contributed by atoms with E-state index < -0.39 is 0 Å². The largest absolute Gasteiger partial charge is 1.00 e. The smallest absolute Gasteiger partial charge is 0.179 e. The first-order valence-corrected chi connectivity index (χ1v) is 5.79. The Hall–Kier alpha value is -1.41. The summed E-state index contributed by atoms with van der Waals surface area (Å²) in [6.45, 7) is 6.78. The molecule has 2 aromatic rings. The lowest BCUT2D eigenvalue weighted by molar-refractivity contribution is -0.700. The van der Waals surface area contributed by atoms with Crippen molar-refractivity contribution in [3.05, 3.63) is 64.7 Å². The van der Waals surface area contributed by atoms with E-state index in [0.29, 0.717) is 6.54 Å². The Kier molecular flexibility index (Phi) is 4.85. The second kappa shape index (κ2) is 5.96. The van der Waals surface area contributed by atoms with Crippen molar-refractivity contribution in [1.29, 1.82) is 0 Å². The summed E-state index contributed by atoms with van der Waals surface area (Å²) in [6.07, 6.45) is 0. The summed E-state index contributed by atoms with van der Waals surface area (Å²) < 4.78 is 15.7. The van der Waals surface area contributed by atoms with Gasteiger partial charge >= 0.3 is 0 Å². The van der Waals surface area contributed by atoms with Gasteiger partial charge in [-0.05, 0) is 24.6 Å². The van der Waals surface area contributed by atoms with Gasteiger partial charge in [-0.15, -0.1) is 0 Å². The number of aromatic nitrogens is 1. The number of hydrogen-bond donors (Lipinski definition) is 0. The molecule has 0 aliphatic carbocycles. The molecular weight excluding hydrogens is 249 g/mol. The van der Waals surface area contributed by atoms with Crippen molar-refractivity contribution in [2.45, 2.75) is 27.3 Å². The van der Waals surface area contributed by atoms with Gasteiger partial charge in [0.15, 0.2) is 17.9 Å². The van der Waals surface area contributed by atoms with E-state index in [9.17, 15) is 4.39 Å². The molecule has 0 radical (unpaired) electrons. The summed E-state index contributed by atoms with van der Waals surface area (Å²) in [4.78, 5) is 0. The zero-order valence-electron chi connectivity index (χ0n) is 10.9. The summed E-state index contributed by atoms with van der Waals surface area (Å²) >= 11 is 0. The van der Waals surface area contributed by atoms with Crippen LogP contribution < -0.4 is 17.0 Å². The molecule has 0 bridgehead atoms. The van der Waals surface area contributed by atoms with Gasteiger partial charge in [-0.3, -0.25) is 0 Å². The van der Waals surface area contributed by atoms with Crippen molar-refractivity contribution in [3.8, 4) is 0 Å². The van der Waals surface area contributed by atoms with Gasteiger partial charge < -0.3 is 12.4 Å². The zero-order valence-corrected chi connectivity index (χ0v) is 11.6. The molecule has 0 saturated heterocycles. The van der Waals surface area contributed by atoms with Gasteiger partial charge in [0.2, 0.25) is 0 Å². The fourth-order valence-electron chi connectivity index (χ4n) is 2.18. The average Bonchev–Trinajstić information content (AvgIpc) is 2.25. The summed E-state index contributed by atoms with van der Waals surface area (Å²) in [5.41, 5.74) is 4.29. The van der Waals surface area contributed by atoms with Crippen molar-refractivity contribution in [3.63, 3.8) is 0 Å². The molecular formula is C15H17ClFN. The lowest BCUT2D eigenvalue weighted by Crippen LogP contribution is -3.00. The van der Waals surface area contributed by atoms with Gasteiger partial charge in [-0.2, -0.15) is 4.57 Å². The van der Waals surface area contributed by atoms with Crippen LogP contribution in [0.5, 0.6) is 0 Å². The van der Waals surface area contributed by atoms with Crippen LogP contribution in [-0.4, -0.2) is 0 Å². The average molecular weight is 266 g/mol. The van der Waals surface area contributed by atoms with Crippen LogP contribution in [0.4, 0.5) is 4.39 Å². The lowest BCUT2D eigenvalue weighted by atomic mass is 10.1. The Bertz CT molecular complexity index is 529. The SMILES string of the molecule is Cc1cc(C)[n+](Cc2ccccc2F)c(C)c1.[Cl-]. The summed E-state index contributed by atoms with van der Waals surface area (Å²) in [7, 11) is 0. The minimum Gasteiger partial charge on any atom is -1.00 e. The van der Waals surface area contributed by atoms with Crippen LogP contribution in [0, 0.1) is 26.6 Å². The molecule has 1 nitrogen and oxygen atoms in total. The fourth-order valence-corrected chi connectivity index (χ4v) is 2.18. The maximum atomic E-state index is 13.6. The van der Waals surface area contributed by atoms with Crippen LogP contribution in [-0.2, 0) is 6.54 Å². The van der Waals surface area contributed by atoms with Gasteiger partial charge in [-0.25, -0.2) is 4.39 Å². The van der Waals surface area contributed by atoms with Gasteiger partial charge in [0, 0.05) is 26.0 Å². The molecule has 0 spiro atoms. The molecule has 0 aliphatic heterocycles.